The highest BCUT2D eigenvalue weighted by molar-refractivity contribution is 5.35. The maximum absolute atomic E-state index is 4.68. The van der Waals surface area contributed by atoms with Gasteiger partial charge in [-0.15, -0.1) is 0 Å². The van der Waals surface area contributed by atoms with E-state index in [1.807, 2.05) is 4.68 Å². The molecule has 0 radical (unpaired) electrons. The molecule has 1 aromatic heterocycles. The lowest BCUT2D eigenvalue weighted by atomic mass is 10.2. The Balaban J connectivity index is 1.73. The molecule has 0 aliphatic heterocycles. The standard InChI is InChI=1S/C16H21N3/c1-2-9-17-12-13-4-3-5-15(11-13)19-10-8-16(18-19)14-6-7-14/h3-5,8,10-11,14,17H,2,6-7,9,12H2,1H3. The first-order chi connectivity index (χ1) is 9.36. The number of nitrogens with one attached hydrogen (secondary N) is 1. The lowest BCUT2D eigenvalue weighted by Gasteiger charge is -2.06. The minimum absolute atomic E-state index is 0.718. The highest BCUT2D eigenvalue weighted by atomic mass is 15.3. The summed E-state index contributed by atoms with van der Waals surface area (Å²) in [5.41, 5.74) is 3.71. The first-order valence-corrected chi connectivity index (χ1v) is 7.22. The van der Waals surface area contributed by atoms with Crippen molar-refractivity contribution in [2.75, 3.05) is 6.54 Å². The maximum Gasteiger partial charge on any atom is 0.0659 e. The van der Waals surface area contributed by atoms with Crippen LogP contribution in [0.2, 0.25) is 0 Å². The van der Waals surface area contributed by atoms with Crippen molar-refractivity contribution >= 4 is 0 Å². The van der Waals surface area contributed by atoms with Crippen LogP contribution in [-0.4, -0.2) is 16.3 Å². The van der Waals surface area contributed by atoms with Gasteiger partial charge < -0.3 is 5.32 Å². The van der Waals surface area contributed by atoms with Crippen LogP contribution < -0.4 is 5.32 Å². The van der Waals surface area contributed by atoms with Gasteiger partial charge in [-0.2, -0.15) is 5.10 Å². The summed E-state index contributed by atoms with van der Waals surface area (Å²) < 4.78 is 2.00. The number of hydrogen-bond donors (Lipinski definition) is 1. The minimum atomic E-state index is 0.718. The van der Waals surface area contributed by atoms with Gasteiger partial charge in [-0.3, -0.25) is 0 Å². The molecule has 0 atom stereocenters. The van der Waals surface area contributed by atoms with Crippen LogP contribution in [0.3, 0.4) is 0 Å². The predicted molar refractivity (Wildman–Crippen MR) is 77.5 cm³/mol. The predicted octanol–water partition coefficient (Wildman–Crippen LogP) is 3.25. The fraction of sp³-hybridized carbons (Fsp3) is 0.438. The molecule has 100 valence electrons. The second-order valence-electron chi connectivity index (χ2n) is 5.31. The normalized spacial score (nSPS) is 14.8. The van der Waals surface area contributed by atoms with E-state index in [1.165, 1.54) is 30.5 Å². The Morgan fingerprint density at radius 1 is 1.32 bits per heavy atom. The van der Waals surface area contributed by atoms with Gasteiger partial charge in [-0.1, -0.05) is 19.1 Å². The van der Waals surface area contributed by atoms with Crippen molar-refractivity contribution in [1.82, 2.24) is 15.1 Å². The van der Waals surface area contributed by atoms with Crippen LogP contribution in [0.5, 0.6) is 0 Å². The third kappa shape index (κ3) is 3.04. The SMILES string of the molecule is CCCNCc1cccc(-n2ccc(C3CC3)n2)c1. The summed E-state index contributed by atoms with van der Waals surface area (Å²) in [6.45, 7) is 4.18. The van der Waals surface area contributed by atoms with Gasteiger partial charge in [-0.05, 0) is 49.6 Å². The molecule has 3 heteroatoms. The largest absolute Gasteiger partial charge is 0.313 e. The van der Waals surface area contributed by atoms with E-state index in [0.717, 1.165) is 24.7 Å². The molecule has 0 spiro atoms. The van der Waals surface area contributed by atoms with Crippen LogP contribution >= 0.6 is 0 Å². The fourth-order valence-electron chi connectivity index (χ4n) is 2.30. The zero-order chi connectivity index (χ0) is 13.1. The lowest BCUT2D eigenvalue weighted by molar-refractivity contribution is 0.674. The molecule has 1 aromatic carbocycles. The Bertz CT molecular complexity index is 540. The van der Waals surface area contributed by atoms with Crippen LogP contribution in [-0.2, 0) is 6.54 Å². The molecule has 0 saturated heterocycles. The van der Waals surface area contributed by atoms with Crippen molar-refractivity contribution in [2.45, 2.75) is 38.6 Å². The third-order valence-electron chi connectivity index (χ3n) is 3.54. The smallest absolute Gasteiger partial charge is 0.0659 e. The van der Waals surface area contributed by atoms with E-state index >= 15 is 0 Å². The van der Waals surface area contributed by atoms with Crippen LogP contribution in [0.1, 0.15) is 43.4 Å². The Morgan fingerprint density at radius 2 is 2.21 bits per heavy atom. The van der Waals surface area contributed by atoms with Gasteiger partial charge in [0, 0.05) is 18.7 Å². The van der Waals surface area contributed by atoms with Gasteiger partial charge >= 0.3 is 0 Å². The Labute approximate surface area is 114 Å². The molecule has 0 unspecified atom stereocenters. The molecule has 1 saturated carbocycles. The molecule has 1 aliphatic carbocycles. The average Bonchev–Trinajstić information content (AvgIpc) is 3.17. The van der Waals surface area contributed by atoms with Crippen molar-refractivity contribution in [3.8, 4) is 5.69 Å². The summed E-state index contributed by atoms with van der Waals surface area (Å²) in [5.74, 6) is 0.718. The first kappa shape index (κ1) is 12.4. The molecule has 1 heterocycles. The lowest BCUT2D eigenvalue weighted by Crippen LogP contribution is -2.13. The molecule has 3 rings (SSSR count). The summed E-state index contributed by atoms with van der Waals surface area (Å²) in [7, 11) is 0. The number of benzene rings is 1. The Morgan fingerprint density at radius 3 is 3.00 bits per heavy atom. The Kier molecular flexibility index (Phi) is 3.65. The van der Waals surface area contributed by atoms with E-state index in [1.54, 1.807) is 0 Å². The van der Waals surface area contributed by atoms with E-state index in [4.69, 9.17) is 0 Å². The van der Waals surface area contributed by atoms with Crippen LogP contribution in [0.15, 0.2) is 36.5 Å². The van der Waals surface area contributed by atoms with Gasteiger partial charge in [0.15, 0.2) is 0 Å². The molecule has 19 heavy (non-hydrogen) atoms. The highest BCUT2D eigenvalue weighted by Crippen LogP contribution is 2.39. The van der Waals surface area contributed by atoms with Crippen LogP contribution in [0.25, 0.3) is 5.69 Å². The monoisotopic (exact) mass is 255 g/mol. The summed E-state index contributed by atoms with van der Waals surface area (Å²) in [5, 5.41) is 8.11. The molecule has 1 N–H and O–H groups in total. The van der Waals surface area contributed by atoms with Gasteiger partial charge in [-0.25, -0.2) is 4.68 Å². The van der Waals surface area contributed by atoms with Crippen molar-refractivity contribution < 1.29 is 0 Å². The number of hydrogen-bond acceptors (Lipinski definition) is 2. The summed E-state index contributed by atoms with van der Waals surface area (Å²) in [4.78, 5) is 0. The minimum Gasteiger partial charge on any atom is -0.313 e. The van der Waals surface area contributed by atoms with Gasteiger partial charge in [0.05, 0.1) is 11.4 Å². The van der Waals surface area contributed by atoms with Gasteiger partial charge in [0.2, 0.25) is 0 Å². The highest BCUT2D eigenvalue weighted by Gasteiger charge is 2.25. The first-order valence-electron chi connectivity index (χ1n) is 7.22. The number of nitrogens with zero attached hydrogens (tertiary/aromatic N) is 2. The van der Waals surface area contributed by atoms with E-state index < -0.39 is 0 Å². The van der Waals surface area contributed by atoms with Crippen molar-refractivity contribution in [1.29, 1.82) is 0 Å². The summed E-state index contributed by atoms with van der Waals surface area (Å²) in [6.07, 6.45) is 5.85. The van der Waals surface area contributed by atoms with E-state index in [0.29, 0.717) is 0 Å². The Hall–Kier alpha value is -1.61. The van der Waals surface area contributed by atoms with E-state index in [9.17, 15) is 0 Å². The van der Waals surface area contributed by atoms with E-state index in [-0.39, 0.29) is 0 Å². The maximum atomic E-state index is 4.68. The topological polar surface area (TPSA) is 29.9 Å². The zero-order valence-electron chi connectivity index (χ0n) is 11.5. The summed E-state index contributed by atoms with van der Waals surface area (Å²) >= 11 is 0. The second kappa shape index (κ2) is 5.57. The van der Waals surface area contributed by atoms with Crippen molar-refractivity contribution in [3.63, 3.8) is 0 Å². The molecule has 0 amide bonds. The van der Waals surface area contributed by atoms with Crippen LogP contribution in [0, 0.1) is 0 Å². The molecule has 1 fully saturated rings. The van der Waals surface area contributed by atoms with Gasteiger partial charge in [0.1, 0.15) is 0 Å². The molecule has 3 nitrogen and oxygen atoms in total. The summed E-state index contributed by atoms with van der Waals surface area (Å²) in [6, 6.07) is 10.8. The molecule has 1 aliphatic rings. The second-order valence-corrected chi connectivity index (χ2v) is 5.31. The molecule has 0 bridgehead atoms. The van der Waals surface area contributed by atoms with E-state index in [2.05, 4.69) is 53.9 Å². The zero-order valence-corrected chi connectivity index (χ0v) is 11.5. The number of aromatic nitrogens is 2. The quantitative estimate of drug-likeness (QED) is 0.803. The average molecular weight is 255 g/mol. The molecular formula is C16H21N3. The molecule has 2 aromatic rings. The fourth-order valence-corrected chi connectivity index (χ4v) is 2.30. The van der Waals surface area contributed by atoms with Crippen molar-refractivity contribution in [2.24, 2.45) is 0 Å². The van der Waals surface area contributed by atoms with Gasteiger partial charge in [0.25, 0.3) is 0 Å². The van der Waals surface area contributed by atoms with Crippen molar-refractivity contribution in [3.05, 3.63) is 47.8 Å². The van der Waals surface area contributed by atoms with Crippen LogP contribution in [0.4, 0.5) is 0 Å². The molecular weight excluding hydrogens is 234 g/mol. The number of rotatable bonds is 6. The third-order valence-corrected chi connectivity index (χ3v) is 3.54.